The van der Waals surface area contributed by atoms with E-state index < -0.39 is 28.5 Å². The van der Waals surface area contributed by atoms with Gasteiger partial charge in [-0.25, -0.2) is 0 Å². The lowest BCUT2D eigenvalue weighted by atomic mass is 9.48. The first-order valence-corrected chi connectivity index (χ1v) is 12.1. The van der Waals surface area contributed by atoms with E-state index in [1.54, 1.807) is 12.1 Å². The van der Waals surface area contributed by atoms with Crippen molar-refractivity contribution in [3.63, 3.8) is 0 Å². The quantitative estimate of drug-likeness (QED) is 0.590. The summed E-state index contributed by atoms with van der Waals surface area (Å²) in [7, 11) is 0. The summed E-state index contributed by atoms with van der Waals surface area (Å²) in [6.07, 6.45) is 0.377. The van der Waals surface area contributed by atoms with Gasteiger partial charge >= 0.3 is 12.1 Å². The van der Waals surface area contributed by atoms with Crippen LogP contribution in [0.5, 0.6) is 0 Å². The maximum absolute atomic E-state index is 13.4. The molecule has 2 aromatic rings. The van der Waals surface area contributed by atoms with Gasteiger partial charge in [-0.2, -0.15) is 13.2 Å². The molecular formula is C27H29F3N2O3. The lowest BCUT2D eigenvalue weighted by molar-refractivity contribution is -0.168. The number of hydrogen-bond donors (Lipinski definition) is 2. The molecule has 4 bridgehead atoms. The Hall–Kier alpha value is -2.90. The molecule has 3 unspecified atom stereocenters. The highest BCUT2D eigenvalue weighted by atomic mass is 19.4. The second-order valence-electron chi connectivity index (χ2n) is 11.2. The van der Waals surface area contributed by atoms with Crippen LogP contribution in [-0.2, 0) is 21.2 Å². The Labute approximate surface area is 202 Å². The van der Waals surface area contributed by atoms with Crippen molar-refractivity contribution in [3.8, 4) is 11.3 Å². The third-order valence-corrected chi connectivity index (χ3v) is 8.59. The molecule has 5 nitrogen and oxygen atoms in total. The van der Waals surface area contributed by atoms with Crippen molar-refractivity contribution in [2.24, 2.45) is 23.2 Å². The monoisotopic (exact) mass is 486 g/mol. The smallest absolute Gasteiger partial charge is 0.417 e. The largest absolute Gasteiger partial charge is 0.481 e. The van der Waals surface area contributed by atoms with E-state index in [1.165, 1.54) is 6.07 Å². The number of halogens is 3. The zero-order chi connectivity index (χ0) is 25.2. The second kappa shape index (κ2) is 8.07. The minimum Gasteiger partial charge on any atom is -0.481 e. The van der Waals surface area contributed by atoms with E-state index in [-0.39, 0.29) is 23.8 Å². The van der Waals surface area contributed by atoms with Gasteiger partial charge in [-0.15, -0.1) is 0 Å². The van der Waals surface area contributed by atoms with Crippen LogP contribution in [0.25, 0.3) is 11.3 Å². The molecule has 4 aliphatic rings. The zero-order valence-corrected chi connectivity index (χ0v) is 19.7. The third-order valence-electron chi connectivity index (χ3n) is 8.59. The van der Waals surface area contributed by atoms with E-state index in [0.717, 1.165) is 37.1 Å². The van der Waals surface area contributed by atoms with Crippen LogP contribution in [0, 0.1) is 23.2 Å². The summed E-state index contributed by atoms with van der Waals surface area (Å²) < 4.78 is 38.4. The van der Waals surface area contributed by atoms with E-state index in [2.05, 4.69) is 10.3 Å². The molecule has 2 N–H and O–H groups in total. The average Bonchev–Trinajstić information content (AvgIpc) is 2.80. The van der Waals surface area contributed by atoms with Crippen LogP contribution >= 0.6 is 0 Å². The molecule has 1 heterocycles. The average molecular weight is 487 g/mol. The number of carbonyl (C=O) groups excluding carboxylic acids is 1. The summed E-state index contributed by atoms with van der Waals surface area (Å²) in [4.78, 5) is 29.3. The Kier molecular flexibility index (Phi) is 5.49. The SMILES string of the molecule is CC(C)(C(=O)NC1[C@@H]2CC3C[C@H]1CC(C(=O)O)(C3)C2)c1ccc(-c2ccc(C(F)(F)F)cn2)cc1. The number of aromatic nitrogens is 1. The number of carbonyl (C=O) groups is 2. The van der Waals surface area contributed by atoms with Crippen molar-refractivity contribution in [1.82, 2.24) is 10.3 Å². The number of carboxylic acids is 1. The predicted octanol–water partition coefficient (Wildman–Crippen LogP) is 5.44. The number of rotatable bonds is 5. The number of hydrogen-bond acceptors (Lipinski definition) is 3. The normalized spacial score (nSPS) is 29.7. The van der Waals surface area contributed by atoms with E-state index in [4.69, 9.17) is 0 Å². The first kappa shape index (κ1) is 23.8. The van der Waals surface area contributed by atoms with Gasteiger partial charge < -0.3 is 10.4 Å². The summed E-state index contributed by atoms with van der Waals surface area (Å²) in [6.45, 7) is 3.70. The van der Waals surface area contributed by atoms with Gasteiger partial charge in [0, 0.05) is 17.8 Å². The number of nitrogens with one attached hydrogen (secondary N) is 1. The van der Waals surface area contributed by atoms with Gasteiger partial charge in [0.1, 0.15) is 0 Å². The van der Waals surface area contributed by atoms with E-state index in [1.807, 2.05) is 26.0 Å². The molecule has 0 aliphatic heterocycles. The van der Waals surface area contributed by atoms with Crippen molar-refractivity contribution in [1.29, 1.82) is 0 Å². The summed E-state index contributed by atoms with van der Waals surface area (Å²) in [6, 6.07) is 9.49. The number of pyridine rings is 1. The molecule has 1 aromatic carbocycles. The van der Waals surface area contributed by atoms with Gasteiger partial charge in [0.25, 0.3) is 0 Å². The van der Waals surface area contributed by atoms with Gasteiger partial charge in [-0.3, -0.25) is 14.6 Å². The maximum atomic E-state index is 13.4. The van der Waals surface area contributed by atoms with E-state index in [0.29, 0.717) is 30.0 Å². The maximum Gasteiger partial charge on any atom is 0.417 e. The number of nitrogens with zero attached hydrogens (tertiary/aromatic N) is 1. The van der Waals surface area contributed by atoms with Crippen molar-refractivity contribution < 1.29 is 27.9 Å². The van der Waals surface area contributed by atoms with Gasteiger partial charge in [-0.05, 0) is 81.4 Å². The van der Waals surface area contributed by atoms with Crippen molar-refractivity contribution >= 4 is 11.9 Å². The fourth-order valence-electron chi connectivity index (χ4n) is 6.77. The zero-order valence-electron chi connectivity index (χ0n) is 19.7. The number of alkyl halides is 3. The standard InChI is InChI=1S/C27H29F3N2O3/c1-25(2,19-5-3-16(4-6-19)21-8-7-20(14-31-21)27(28,29)30)23(33)32-22-17-9-15-10-18(22)13-26(11-15,12-17)24(34)35/h3-8,14-15,17-18,22H,9-13H2,1-2H3,(H,32,33)(H,34,35)/t15?,17-,18+,22?,26?. The minimum absolute atomic E-state index is 0.00132. The fraction of sp³-hybridized carbons (Fsp3) is 0.519. The highest BCUT2D eigenvalue weighted by Gasteiger charge is 2.59. The Bertz CT molecular complexity index is 1130. The van der Waals surface area contributed by atoms with Crippen LogP contribution in [0.1, 0.15) is 57.1 Å². The first-order valence-electron chi connectivity index (χ1n) is 12.1. The molecule has 1 amide bonds. The molecule has 4 aliphatic carbocycles. The topological polar surface area (TPSA) is 79.3 Å². The van der Waals surface area contributed by atoms with Gasteiger partial charge in [0.15, 0.2) is 0 Å². The van der Waals surface area contributed by atoms with Gasteiger partial charge in [0.05, 0.1) is 22.1 Å². The molecule has 35 heavy (non-hydrogen) atoms. The molecule has 6 rings (SSSR count). The third kappa shape index (κ3) is 4.10. The molecule has 1 aromatic heterocycles. The van der Waals surface area contributed by atoms with Crippen LogP contribution in [-0.4, -0.2) is 28.0 Å². The molecule has 0 spiro atoms. The summed E-state index contributed by atoms with van der Waals surface area (Å²) >= 11 is 0. The van der Waals surface area contributed by atoms with E-state index in [9.17, 15) is 27.9 Å². The lowest BCUT2D eigenvalue weighted by Gasteiger charge is -2.58. The van der Waals surface area contributed by atoms with E-state index >= 15 is 0 Å². The molecule has 0 radical (unpaired) electrons. The number of carboxylic acid groups (broad SMARTS) is 1. The second-order valence-corrected chi connectivity index (χ2v) is 11.2. The highest BCUT2D eigenvalue weighted by Crippen LogP contribution is 2.60. The molecule has 0 saturated heterocycles. The van der Waals surface area contributed by atoms with Crippen LogP contribution in [0.15, 0.2) is 42.6 Å². The molecule has 4 fully saturated rings. The van der Waals surface area contributed by atoms with Gasteiger partial charge in [0.2, 0.25) is 5.91 Å². The van der Waals surface area contributed by atoms with Crippen molar-refractivity contribution in [2.75, 3.05) is 0 Å². The summed E-state index contributed by atoms with van der Waals surface area (Å²) in [5.41, 5.74) is -0.363. The van der Waals surface area contributed by atoms with Crippen molar-refractivity contribution in [2.45, 2.75) is 63.6 Å². The summed E-state index contributed by atoms with van der Waals surface area (Å²) in [5.74, 6) is 0.0518. The number of amides is 1. The Morgan fingerprint density at radius 2 is 1.57 bits per heavy atom. The van der Waals surface area contributed by atoms with Crippen LogP contribution in [0.4, 0.5) is 13.2 Å². The Morgan fingerprint density at radius 1 is 0.971 bits per heavy atom. The van der Waals surface area contributed by atoms with Gasteiger partial charge in [-0.1, -0.05) is 24.3 Å². The molecule has 5 atom stereocenters. The Morgan fingerprint density at radius 3 is 2.09 bits per heavy atom. The first-order chi connectivity index (χ1) is 16.4. The summed E-state index contributed by atoms with van der Waals surface area (Å²) in [5, 5.41) is 13.1. The van der Waals surface area contributed by atoms with Crippen LogP contribution < -0.4 is 5.32 Å². The van der Waals surface area contributed by atoms with Crippen molar-refractivity contribution in [3.05, 3.63) is 53.7 Å². The highest BCUT2D eigenvalue weighted by molar-refractivity contribution is 5.88. The molecule has 4 saturated carbocycles. The minimum atomic E-state index is -4.43. The van der Waals surface area contributed by atoms with Crippen LogP contribution in [0.2, 0.25) is 0 Å². The fourth-order valence-corrected chi connectivity index (χ4v) is 6.77. The number of benzene rings is 1. The molecule has 186 valence electrons. The van der Waals surface area contributed by atoms with Crippen LogP contribution in [0.3, 0.4) is 0 Å². The lowest BCUT2D eigenvalue weighted by Crippen LogP contribution is -2.62. The molecular weight excluding hydrogens is 457 g/mol. The number of aliphatic carboxylic acids is 1. The predicted molar refractivity (Wildman–Crippen MR) is 123 cm³/mol. The Balaban J connectivity index is 1.29. The molecule has 8 heteroatoms.